The highest BCUT2D eigenvalue weighted by atomic mass is 16.5. The summed E-state index contributed by atoms with van der Waals surface area (Å²) in [5.41, 5.74) is 8.61. The lowest BCUT2D eigenvalue weighted by Crippen LogP contribution is -2.32. The van der Waals surface area contributed by atoms with E-state index in [1.165, 1.54) is 47.1 Å². The van der Waals surface area contributed by atoms with E-state index in [-0.39, 0.29) is 16.6 Å². The van der Waals surface area contributed by atoms with Crippen molar-refractivity contribution in [3.05, 3.63) is 143 Å². The molecule has 2 N–H and O–H groups in total. The van der Waals surface area contributed by atoms with Gasteiger partial charge in [0, 0.05) is 5.41 Å². The highest BCUT2D eigenvalue weighted by molar-refractivity contribution is 5.90. The number of unbranched alkanes of at least 4 members (excludes halogenated alkanes) is 2. The Kier molecular flexibility index (Phi) is 12.8. The van der Waals surface area contributed by atoms with Crippen molar-refractivity contribution in [1.82, 2.24) is 0 Å². The Labute approximate surface area is 302 Å². The minimum atomic E-state index is -0.661. The fourth-order valence-corrected chi connectivity index (χ4v) is 7.25. The maximum atomic E-state index is 12.2. The average molecular weight is 687 g/mol. The van der Waals surface area contributed by atoms with Crippen LogP contribution in [0.2, 0.25) is 0 Å². The van der Waals surface area contributed by atoms with E-state index in [0.717, 1.165) is 49.7 Å². The summed E-state index contributed by atoms with van der Waals surface area (Å²) in [7, 11) is 0. The SMILES string of the molecule is C=C(CO)C(=O)Oc1ccc(C2(c3ccc(OC(=O)C(=C)CO)cc3)CCC(c3ccc(-c4ccc(CCCCC)cc4CC)cc3)CC2)cc1. The van der Waals surface area contributed by atoms with Gasteiger partial charge in [-0.3, -0.25) is 0 Å². The molecule has 0 saturated heterocycles. The molecule has 51 heavy (non-hydrogen) atoms. The van der Waals surface area contributed by atoms with E-state index in [2.05, 4.69) is 69.5 Å². The van der Waals surface area contributed by atoms with Crippen LogP contribution in [0.15, 0.2) is 115 Å². The summed E-state index contributed by atoms with van der Waals surface area (Å²) in [5.74, 6) is -0.151. The maximum absolute atomic E-state index is 12.2. The van der Waals surface area contributed by atoms with Gasteiger partial charge in [0.2, 0.25) is 0 Å². The Bertz CT molecular complexity index is 1730. The van der Waals surface area contributed by atoms with Crippen molar-refractivity contribution in [3.8, 4) is 22.6 Å². The lowest BCUT2D eigenvalue weighted by molar-refractivity contribution is -0.131. The zero-order valence-electron chi connectivity index (χ0n) is 30.0. The van der Waals surface area contributed by atoms with Gasteiger partial charge in [0.05, 0.1) is 24.4 Å². The summed E-state index contributed by atoms with van der Waals surface area (Å²) < 4.78 is 10.8. The van der Waals surface area contributed by atoms with Crippen molar-refractivity contribution in [2.45, 2.75) is 83.0 Å². The first-order chi connectivity index (χ1) is 24.7. The summed E-state index contributed by atoms with van der Waals surface area (Å²) in [6.07, 6.45) is 9.62. The van der Waals surface area contributed by atoms with Gasteiger partial charge in [-0.25, -0.2) is 9.59 Å². The van der Waals surface area contributed by atoms with E-state index in [1.54, 1.807) is 24.3 Å². The molecule has 0 amide bonds. The van der Waals surface area contributed by atoms with Gasteiger partial charge >= 0.3 is 11.9 Å². The van der Waals surface area contributed by atoms with Gasteiger partial charge in [0.1, 0.15) is 11.5 Å². The topological polar surface area (TPSA) is 93.1 Å². The number of aliphatic hydroxyl groups is 2. The normalized spacial score (nSPS) is 14.1. The molecule has 0 heterocycles. The number of rotatable bonds is 15. The van der Waals surface area contributed by atoms with Crippen molar-refractivity contribution in [2.75, 3.05) is 13.2 Å². The molecule has 4 aromatic rings. The van der Waals surface area contributed by atoms with Crippen molar-refractivity contribution >= 4 is 11.9 Å². The van der Waals surface area contributed by atoms with Crippen LogP contribution in [0, 0.1) is 0 Å². The van der Waals surface area contributed by atoms with E-state index in [9.17, 15) is 19.8 Å². The number of hydrogen-bond acceptors (Lipinski definition) is 6. The summed E-state index contributed by atoms with van der Waals surface area (Å²) in [6, 6.07) is 31.3. The lowest BCUT2D eigenvalue weighted by atomic mass is 9.62. The molecule has 6 nitrogen and oxygen atoms in total. The van der Waals surface area contributed by atoms with Crippen LogP contribution in [0.4, 0.5) is 0 Å². The molecule has 5 rings (SSSR count). The highest BCUT2D eigenvalue weighted by Gasteiger charge is 2.39. The third kappa shape index (κ3) is 8.94. The molecule has 1 aliphatic carbocycles. The number of aliphatic hydroxyl groups excluding tert-OH is 2. The van der Waals surface area contributed by atoms with Gasteiger partial charge in [-0.1, -0.05) is 107 Å². The van der Waals surface area contributed by atoms with Crippen molar-refractivity contribution in [2.24, 2.45) is 0 Å². The van der Waals surface area contributed by atoms with Crippen LogP contribution in [-0.2, 0) is 27.8 Å². The van der Waals surface area contributed by atoms with Crippen LogP contribution in [0.25, 0.3) is 11.1 Å². The third-order valence-corrected chi connectivity index (χ3v) is 10.3. The molecule has 0 aromatic heterocycles. The predicted molar refractivity (Wildman–Crippen MR) is 203 cm³/mol. The number of ether oxygens (including phenoxy) is 2. The Morgan fingerprint density at radius 3 is 1.73 bits per heavy atom. The minimum absolute atomic E-state index is 0.00762. The van der Waals surface area contributed by atoms with E-state index < -0.39 is 25.2 Å². The number of carbonyl (C=O) groups excluding carboxylic acids is 2. The highest BCUT2D eigenvalue weighted by Crippen LogP contribution is 2.49. The van der Waals surface area contributed by atoms with E-state index >= 15 is 0 Å². The molecular weight excluding hydrogens is 636 g/mol. The van der Waals surface area contributed by atoms with E-state index in [0.29, 0.717) is 17.4 Å². The zero-order valence-corrected chi connectivity index (χ0v) is 30.0. The van der Waals surface area contributed by atoms with E-state index in [4.69, 9.17) is 9.47 Å². The number of aryl methyl sites for hydroxylation is 2. The second-order valence-electron chi connectivity index (χ2n) is 13.6. The maximum Gasteiger partial charge on any atom is 0.341 e. The summed E-state index contributed by atoms with van der Waals surface area (Å²) in [6.45, 7) is 10.7. The summed E-state index contributed by atoms with van der Waals surface area (Å²) in [4.78, 5) is 24.4. The van der Waals surface area contributed by atoms with Crippen LogP contribution in [0.5, 0.6) is 11.5 Å². The first-order valence-corrected chi connectivity index (χ1v) is 18.2. The largest absolute Gasteiger partial charge is 0.423 e. The second-order valence-corrected chi connectivity index (χ2v) is 13.6. The van der Waals surface area contributed by atoms with E-state index in [1.807, 2.05) is 24.3 Å². The molecule has 6 heteroatoms. The number of esters is 2. The molecule has 1 saturated carbocycles. The fraction of sp³-hybridized carbons (Fsp3) is 0.333. The molecule has 1 aliphatic rings. The van der Waals surface area contributed by atoms with Gasteiger partial charge in [0.15, 0.2) is 0 Å². The van der Waals surface area contributed by atoms with Gasteiger partial charge in [-0.15, -0.1) is 0 Å². The van der Waals surface area contributed by atoms with Crippen LogP contribution in [0.3, 0.4) is 0 Å². The monoisotopic (exact) mass is 686 g/mol. The van der Waals surface area contributed by atoms with Crippen LogP contribution in [0.1, 0.15) is 92.5 Å². The minimum Gasteiger partial charge on any atom is -0.423 e. The lowest BCUT2D eigenvalue weighted by Gasteiger charge is -2.41. The van der Waals surface area contributed by atoms with Crippen molar-refractivity contribution in [3.63, 3.8) is 0 Å². The molecule has 0 unspecified atom stereocenters. The van der Waals surface area contributed by atoms with Crippen LogP contribution >= 0.6 is 0 Å². The first-order valence-electron chi connectivity index (χ1n) is 18.2. The molecule has 0 spiro atoms. The van der Waals surface area contributed by atoms with Crippen LogP contribution in [-0.4, -0.2) is 35.4 Å². The Balaban J connectivity index is 1.36. The quantitative estimate of drug-likeness (QED) is 0.0561. The first kappa shape index (κ1) is 37.5. The Morgan fingerprint density at radius 2 is 1.25 bits per heavy atom. The average Bonchev–Trinajstić information content (AvgIpc) is 3.18. The molecular formula is C45H50O6. The molecule has 0 atom stereocenters. The zero-order chi connectivity index (χ0) is 36.4. The van der Waals surface area contributed by atoms with Gasteiger partial charge in [0.25, 0.3) is 0 Å². The standard InChI is InChI=1S/C45H50O6/c1-5-7-8-9-33-10-23-42(34(6-2)28-33)37-13-11-35(12-14-37)36-24-26-45(27-25-36,38-15-19-40(20-16-38)50-43(48)31(3)29-46)39-17-21-41(22-18-39)51-44(49)32(4)30-47/h10-23,28,36,46-47H,3-9,24-27,29-30H2,1-2H3. The molecule has 0 aliphatic heterocycles. The number of benzene rings is 4. The number of carbonyl (C=O) groups is 2. The van der Waals surface area contributed by atoms with Gasteiger partial charge < -0.3 is 19.7 Å². The number of hydrogen-bond donors (Lipinski definition) is 2. The van der Waals surface area contributed by atoms with Crippen LogP contribution < -0.4 is 9.47 Å². The van der Waals surface area contributed by atoms with Gasteiger partial charge in [-0.2, -0.15) is 0 Å². The molecule has 0 bridgehead atoms. The summed E-state index contributed by atoms with van der Waals surface area (Å²) >= 11 is 0. The van der Waals surface area contributed by atoms with Crippen molar-refractivity contribution < 1.29 is 29.3 Å². The second kappa shape index (κ2) is 17.4. The Hall–Kier alpha value is -4.78. The molecule has 0 radical (unpaired) electrons. The summed E-state index contributed by atoms with van der Waals surface area (Å²) in [5, 5.41) is 18.5. The molecule has 1 fully saturated rings. The molecule has 266 valence electrons. The fourth-order valence-electron chi connectivity index (χ4n) is 7.25. The molecule has 4 aromatic carbocycles. The smallest absolute Gasteiger partial charge is 0.341 e. The predicted octanol–water partition coefficient (Wildman–Crippen LogP) is 9.20. The Morgan fingerprint density at radius 1 is 0.725 bits per heavy atom. The van der Waals surface area contributed by atoms with Gasteiger partial charge in [-0.05, 0) is 114 Å². The van der Waals surface area contributed by atoms with Crippen molar-refractivity contribution in [1.29, 1.82) is 0 Å². The third-order valence-electron chi connectivity index (χ3n) is 10.3.